The van der Waals surface area contributed by atoms with Crippen molar-refractivity contribution in [2.24, 2.45) is 10.7 Å². The number of nitrogens with two attached hydrogens (primary N) is 1. The molecule has 0 atom stereocenters. The molecule has 1 rings (SSSR count). The summed E-state index contributed by atoms with van der Waals surface area (Å²) < 4.78 is 5.70. The molecule has 7 nitrogen and oxygen atoms in total. The number of guanidine groups is 1. The van der Waals surface area contributed by atoms with Crippen molar-refractivity contribution in [3.63, 3.8) is 0 Å². The van der Waals surface area contributed by atoms with E-state index in [-0.39, 0.29) is 18.5 Å². The molecule has 0 radical (unpaired) electrons. The van der Waals surface area contributed by atoms with E-state index in [1.54, 1.807) is 13.2 Å². The fourth-order valence-electron chi connectivity index (χ4n) is 3.76. The summed E-state index contributed by atoms with van der Waals surface area (Å²) in [5.41, 5.74) is 12.5. The Hall–Kier alpha value is -3.32. The summed E-state index contributed by atoms with van der Waals surface area (Å²) in [6, 6.07) is 5.37. The van der Waals surface area contributed by atoms with Gasteiger partial charge in [-0.15, -0.1) is 0 Å². The zero-order valence-electron chi connectivity index (χ0n) is 25.1. The molecule has 39 heavy (non-hydrogen) atoms. The summed E-state index contributed by atoms with van der Waals surface area (Å²) in [5, 5.41) is 11.6. The number of allylic oxidation sites excluding steroid dienone is 6. The first-order valence-electron chi connectivity index (χ1n) is 13.8. The molecule has 7 heteroatoms. The van der Waals surface area contributed by atoms with Crippen LogP contribution in [0.3, 0.4) is 0 Å². The molecule has 0 saturated carbocycles. The highest BCUT2D eigenvalue weighted by Crippen LogP contribution is 2.30. The lowest BCUT2D eigenvalue weighted by Crippen LogP contribution is -2.37. The predicted octanol–water partition coefficient (Wildman–Crippen LogP) is 6.31. The highest BCUT2D eigenvalue weighted by Gasteiger charge is 2.16. The van der Waals surface area contributed by atoms with Crippen LogP contribution < -0.4 is 20.7 Å². The highest BCUT2D eigenvalue weighted by molar-refractivity contribution is 6.05. The number of aliphatic imine (C=N–C) groups is 1. The number of aliphatic hydroxyl groups excluding tert-OH is 1. The molecule has 1 aromatic carbocycles. The van der Waals surface area contributed by atoms with E-state index in [2.05, 4.69) is 81.1 Å². The van der Waals surface area contributed by atoms with E-state index >= 15 is 0 Å². The SMILES string of the molecule is COc1ccc(C(=O)NC(N)=NCCCO)cc1N(CC=C(C)CCC=C(C)C)CC=C(C)CCC=C(C)C. The van der Waals surface area contributed by atoms with Gasteiger partial charge < -0.3 is 20.5 Å². The van der Waals surface area contributed by atoms with Gasteiger partial charge in [0.1, 0.15) is 5.75 Å². The maximum Gasteiger partial charge on any atom is 0.258 e. The molecule has 0 aliphatic carbocycles. The maximum atomic E-state index is 12.9. The number of ether oxygens (including phenoxy) is 1. The van der Waals surface area contributed by atoms with Crippen LogP contribution in [0.1, 0.15) is 84.0 Å². The number of hydrogen-bond acceptors (Lipinski definition) is 5. The van der Waals surface area contributed by atoms with Crippen LogP contribution in [0, 0.1) is 0 Å². The number of rotatable bonds is 16. The number of methoxy groups -OCH3 is 1. The third-order valence-corrected chi connectivity index (χ3v) is 6.12. The summed E-state index contributed by atoms with van der Waals surface area (Å²) in [5.74, 6) is 0.390. The minimum atomic E-state index is -0.342. The quantitative estimate of drug-likeness (QED) is 0.0990. The van der Waals surface area contributed by atoms with Crippen LogP contribution in [-0.4, -0.2) is 50.3 Å². The Bertz CT molecular complexity index is 1020. The molecule has 0 spiro atoms. The van der Waals surface area contributed by atoms with Crippen molar-refractivity contribution in [3.8, 4) is 5.75 Å². The van der Waals surface area contributed by atoms with Crippen LogP contribution in [-0.2, 0) is 0 Å². The normalized spacial score (nSPS) is 12.2. The average molecular weight is 539 g/mol. The Kier molecular flexibility index (Phi) is 16.3. The van der Waals surface area contributed by atoms with Crippen molar-refractivity contribution < 1.29 is 14.6 Å². The molecule has 4 N–H and O–H groups in total. The minimum absolute atomic E-state index is 0.0220. The Labute approximate surface area is 236 Å². The second kappa shape index (κ2) is 18.9. The van der Waals surface area contributed by atoms with Crippen LogP contribution in [0.15, 0.2) is 69.8 Å². The number of benzene rings is 1. The molecule has 1 amide bonds. The second-order valence-corrected chi connectivity index (χ2v) is 10.3. The number of carbonyl (C=O) groups excluding carboxylic acids is 1. The largest absolute Gasteiger partial charge is 0.495 e. The van der Waals surface area contributed by atoms with Gasteiger partial charge in [0.15, 0.2) is 5.96 Å². The maximum absolute atomic E-state index is 12.9. The zero-order chi connectivity index (χ0) is 29.2. The van der Waals surface area contributed by atoms with Crippen molar-refractivity contribution in [1.82, 2.24) is 5.32 Å². The zero-order valence-corrected chi connectivity index (χ0v) is 25.1. The van der Waals surface area contributed by atoms with Crippen LogP contribution >= 0.6 is 0 Å². The summed E-state index contributed by atoms with van der Waals surface area (Å²) in [4.78, 5) is 19.2. The first-order chi connectivity index (χ1) is 18.6. The standard InChI is InChI=1S/C32H50N4O3/c1-24(2)11-8-13-26(5)17-20-36(21-18-27(6)14-9-12-25(3)4)29-23-28(15-16-30(29)39-7)31(38)35-32(33)34-19-10-22-37/h11-12,15-18,23,37H,8-10,13-14,19-22H2,1-7H3,(H3,33,34,35,38). The van der Waals surface area contributed by atoms with Gasteiger partial charge in [0, 0.05) is 31.8 Å². The summed E-state index contributed by atoms with van der Waals surface area (Å²) in [6.45, 7) is 14.6. The first-order valence-corrected chi connectivity index (χ1v) is 13.8. The van der Waals surface area contributed by atoms with Crippen LogP contribution in [0.2, 0.25) is 0 Å². The minimum Gasteiger partial charge on any atom is -0.495 e. The van der Waals surface area contributed by atoms with Gasteiger partial charge >= 0.3 is 0 Å². The molecule has 0 bridgehead atoms. The van der Waals surface area contributed by atoms with E-state index < -0.39 is 0 Å². The van der Waals surface area contributed by atoms with Crippen molar-refractivity contribution in [2.45, 2.75) is 73.6 Å². The molecule has 0 aliphatic heterocycles. The topological polar surface area (TPSA) is 100 Å². The summed E-state index contributed by atoms with van der Waals surface area (Å²) in [6.07, 6.45) is 13.6. The number of nitrogens with zero attached hydrogens (tertiary/aromatic N) is 2. The third-order valence-electron chi connectivity index (χ3n) is 6.12. The number of aliphatic hydroxyl groups is 1. The molecular formula is C32H50N4O3. The smallest absolute Gasteiger partial charge is 0.258 e. The van der Waals surface area contributed by atoms with Gasteiger partial charge in [-0.3, -0.25) is 15.1 Å². The van der Waals surface area contributed by atoms with Gasteiger partial charge in [-0.2, -0.15) is 0 Å². The van der Waals surface area contributed by atoms with Crippen molar-refractivity contribution in [3.05, 3.63) is 70.4 Å². The van der Waals surface area contributed by atoms with Crippen molar-refractivity contribution in [1.29, 1.82) is 0 Å². The van der Waals surface area contributed by atoms with Crippen LogP contribution in [0.4, 0.5) is 5.69 Å². The average Bonchev–Trinajstić information content (AvgIpc) is 2.88. The highest BCUT2D eigenvalue weighted by atomic mass is 16.5. The van der Waals surface area contributed by atoms with Crippen LogP contribution in [0.25, 0.3) is 0 Å². The number of carbonyl (C=O) groups is 1. The van der Waals surface area contributed by atoms with Gasteiger partial charge in [0.05, 0.1) is 12.8 Å². The van der Waals surface area contributed by atoms with E-state index in [0.717, 1.165) is 31.4 Å². The molecule has 0 fully saturated rings. The fourth-order valence-corrected chi connectivity index (χ4v) is 3.76. The fraction of sp³-hybridized carbons (Fsp3) is 0.500. The third kappa shape index (κ3) is 14.4. The first kappa shape index (κ1) is 33.7. The molecule has 0 unspecified atom stereocenters. The molecule has 0 aromatic heterocycles. The van der Waals surface area contributed by atoms with Gasteiger partial charge in [0.2, 0.25) is 0 Å². The van der Waals surface area contributed by atoms with Gasteiger partial charge in [-0.05, 0) is 91.8 Å². The van der Waals surface area contributed by atoms with Gasteiger partial charge in [-0.25, -0.2) is 0 Å². The van der Waals surface area contributed by atoms with E-state index in [9.17, 15) is 4.79 Å². The Balaban J connectivity index is 3.25. The molecule has 0 aliphatic rings. The Morgan fingerprint density at radius 1 is 0.974 bits per heavy atom. The molecule has 1 aromatic rings. The number of hydrogen-bond donors (Lipinski definition) is 3. The number of nitrogens with one attached hydrogen (secondary N) is 1. The monoisotopic (exact) mass is 538 g/mol. The van der Waals surface area contributed by atoms with Crippen molar-refractivity contribution >= 4 is 17.6 Å². The molecule has 216 valence electrons. The molecule has 0 heterocycles. The number of anilines is 1. The molecular weight excluding hydrogens is 488 g/mol. The van der Waals surface area contributed by atoms with E-state index in [0.29, 0.717) is 37.4 Å². The van der Waals surface area contributed by atoms with E-state index in [1.807, 2.05) is 12.1 Å². The second-order valence-electron chi connectivity index (χ2n) is 10.3. The molecule has 0 saturated heterocycles. The number of amides is 1. The van der Waals surface area contributed by atoms with Gasteiger partial charge in [0.25, 0.3) is 5.91 Å². The predicted molar refractivity (Wildman–Crippen MR) is 166 cm³/mol. The Morgan fingerprint density at radius 2 is 1.54 bits per heavy atom. The lowest BCUT2D eigenvalue weighted by molar-refractivity contribution is 0.0976. The lowest BCUT2D eigenvalue weighted by atomic mass is 10.1. The van der Waals surface area contributed by atoms with Gasteiger partial charge in [-0.1, -0.05) is 46.6 Å². The van der Waals surface area contributed by atoms with E-state index in [4.69, 9.17) is 15.6 Å². The van der Waals surface area contributed by atoms with Crippen molar-refractivity contribution in [2.75, 3.05) is 38.3 Å². The van der Waals surface area contributed by atoms with E-state index in [1.165, 1.54) is 22.3 Å². The van der Waals surface area contributed by atoms with Crippen LogP contribution in [0.5, 0.6) is 5.75 Å². The summed E-state index contributed by atoms with van der Waals surface area (Å²) >= 11 is 0. The summed E-state index contributed by atoms with van der Waals surface area (Å²) in [7, 11) is 1.64. The Morgan fingerprint density at radius 3 is 2.03 bits per heavy atom. The lowest BCUT2D eigenvalue weighted by Gasteiger charge is -2.25.